The molecule has 2 atom stereocenters. The number of nitrogens with zero attached hydrogens (tertiary/aromatic N) is 1. The second-order valence-corrected chi connectivity index (χ2v) is 11.5. The average Bonchev–Trinajstić information content (AvgIpc) is 3.31. The van der Waals surface area contributed by atoms with Gasteiger partial charge in [-0.05, 0) is 57.4 Å². The molecule has 3 aromatic rings. The Balaban J connectivity index is 1.38. The molecule has 0 fully saturated rings. The molecule has 0 aliphatic carbocycles. The van der Waals surface area contributed by atoms with E-state index in [1.807, 2.05) is 31.2 Å². The lowest BCUT2D eigenvalue weighted by Gasteiger charge is -2.43. The van der Waals surface area contributed by atoms with Crippen molar-refractivity contribution in [1.29, 1.82) is 0 Å². The van der Waals surface area contributed by atoms with E-state index in [0.29, 0.717) is 38.4 Å². The molecule has 240 valence electrons. The maximum atomic E-state index is 15.8. The quantitative estimate of drug-likeness (QED) is 0.198. The largest absolute Gasteiger partial charge is 0.480 e. The van der Waals surface area contributed by atoms with E-state index in [-0.39, 0.29) is 50.1 Å². The molecule has 3 N–H and O–H groups in total. The molecule has 0 saturated heterocycles. The fourth-order valence-corrected chi connectivity index (χ4v) is 5.55. The molecule has 12 heteroatoms. The summed E-state index contributed by atoms with van der Waals surface area (Å²) >= 11 is 0. The highest BCUT2D eigenvalue weighted by Crippen LogP contribution is 2.43. The highest BCUT2D eigenvalue weighted by molar-refractivity contribution is 5.94. The van der Waals surface area contributed by atoms with Crippen molar-refractivity contribution in [1.82, 2.24) is 15.2 Å². The van der Waals surface area contributed by atoms with Crippen molar-refractivity contribution >= 4 is 22.8 Å². The summed E-state index contributed by atoms with van der Waals surface area (Å²) in [7, 11) is 0. The van der Waals surface area contributed by atoms with Gasteiger partial charge in [-0.2, -0.15) is 0 Å². The summed E-state index contributed by atoms with van der Waals surface area (Å²) in [5.41, 5.74) is 0.422. The van der Waals surface area contributed by atoms with Crippen LogP contribution in [0.2, 0.25) is 0 Å². The second kappa shape index (κ2) is 15.0. The lowest BCUT2D eigenvalue weighted by atomic mass is 9.87. The van der Waals surface area contributed by atoms with Crippen LogP contribution >= 0.6 is 0 Å². The van der Waals surface area contributed by atoms with Crippen LogP contribution in [0.25, 0.3) is 10.9 Å². The van der Waals surface area contributed by atoms with Crippen LogP contribution in [-0.2, 0) is 25.4 Å². The van der Waals surface area contributed by atoms with Crippen LogP contribution < -0.4 is 5.32 Å². The van der Waals surface area contributed by atoms with Crippen molar-refractivity contribution in [2.24, 2.45) is 0 Å². The van der Waals surface area contributed by atoms with Gasteiger partial charge in [0.15, 0.2) is 0 Å². The number of hydrogen-bond donors (Lipinski definition) is 3. The molecule has 1 aliphatic heterocycles. The summed E-state index contributed by atoms with van der Waals surface area (Å²) < 4.78 is 62.1. The molecule has 4 rings (SSSR count). The monoisotopic (exact) mass is 619 g/mol. The Kier molecular flexibility index (Phi) is 11.4. The van der Waals surface area contributed by atoms with Gasteiger partial charge < -0.3 is 29.6 Å². The summed E-state index contributed by atoms with van der Waals surface area (Å²) in [6, 6.07) is 8.61. The molecule has 0 saturated carbocycles. The molecule has 1 amide bonds. The van der Waals surface area contributed by atoms with Gasteiger partial charge in [-0.3, -0.25) is 9.69 Å². The molecule has 9 nitrogen and oxygen atoms in total. The molecule has 0 radical (unpaired) electrons. The maximum Gasteiger partial charge on any atom is 0.329 e. The van der Waals surface area contributed by atoms with Crippen molar-refractivity contribution in [3.8, 4) is 0 Å². The fraction of sp³-hybridized carbons (Fsp3) is 0.500. The third-order valence-electron chi connectivity index (χ3n) is 7.41. The third kappa shape index (κ3) is 8.59. The lowest BCUT2D eigenvalue weighted by molar-refractivity contribution is -0.142. The van der Waals surface area contributed by atoms with Gasteiger partial charge in [-0.1, -0.05) is 18.2 Å². The van der Waals surface area contributed by atoms with E-state index in [9.17, 15) is 14.0 Å². The number of fused-ring (bicyclic) bond motifs is 3. The number of aromatic nitrogens is 1. The number of carbonyl (C=O) groups excluding carboxylic acids is 1. The van der Waals surface area contributed by atoms with E-state index in [1.54, 1.807) is 4.90 Å². The van der Waals surface area contributed by atoms with Gasteiger partial charge in [0.1, 0.15) is 23.9 Å². The number of aromatic amines is 1. The zero-order valence-corrected chi connectivity index (χ0v) is 25.3. The normalized spacial score (nSPS) is 17.1. The topological polar surface area (TPSA) is 113 Å². The van der Waals surface area contributed by atoms with Crippen molar-refractivity contribution in [2.45, 2.75) is 51.4 Å². The number of para-hydroxylation sites is 1. The summed E-state index contributed by atoms with van der Waals surface area (Å²) in [5, 5.41) is 12.1. The van der Waals surface area contributed by atoms with Gasteiger partial charge in [0, 0.05) is 53.5 Å². The van der Waals surface area contributed by atoms with Crippen molar-refractivity contribution in [2.75, 3.05) is 52.7 Å². The Morgan fingerprint density at radius 1 is 1.05 bits per heavy atom. The predicted octanol–water partition coefficient (Wildman–Crippen LogP) is 4.78. The highest BCUT2D eigenvalue weighted by Gasteiger charge is 2.41. The summed E-state index contributed by atoms with van der Waals surface area (Å²) in [6.45, 7) is 5.97. The first kappa shape index (κ1) is 33.4. The van der Waals surface area contributed by atoms with Crippen LogP contribution in [0.3, 0.4) is 0 Å². The van der Waals surface area contributed by atoms with Gasteiger partial charge >= 0.3 is 5.97 Å². The van der Waals surface area contributed by atoms with E-state index in [0.717, 1.165) is 28.6 Å². The predicted molar refractivity (Wildman–Crippen MR) is 159 cm³/mol. The average molecular weight is 620 g/mol. The number of alkyl halides is 1. The van der Waals surface area contributed by atoms with Crippen LogP contribution in [0.15, 0.2) is 36.4 Å². The number of carbonyl (C=O) groups is 2. The summed E-state index contributed by atoms with van der Waals surface area (Å²) in [6.07, 6.45) is 1.06. The molecular formula is C32H40F3N3O6. The van der Waals surface area contributed by atoms with E-state index < -0.39 is 35.2 Å². The van der Waals surface area contributed by atoms with Crippen molar-refractivity contribution < 1.29 is 42.1 Å². The number of carboxylic acid groups (broad SMARTS) is 1. The van der Waals surface area contributed by atoms with Gasteiger partial charge in [0.2, 0.25) is 0 Å². The number of aliphatic carboxylic acids is 1. The fourth-order valence-electron chi connectivity index (χ4n) is 5.55. The Morgan fingerprint density at radius 2 is 1.68 bits per heavy atom. The van der Waals surface area contributed by atoms with E-state index >= 15 is 8.78 Å². The molecular weight excluding hydrogens is 579 g/mol. The minimum atomic E-state index is -1.61. The number of carboxylic acids is 1. The zero-order valence-electron chi connectivity index (χ0n) is 25.3. The number of halogens is 3. The first-order valence-electron chi connectivity index (χ1n) is 14.7. The summed E-state index contributed by atoms with van der Waals surface area (Å²) in [4.78, 5) is 28.2. The third-order valence-corrected chi connectivity index (χ3v) is 7.41. The molecule has 0 unspecified atom stereocenters. The van der Waals surface area contributed by atoms with Gasteiger partial charge in [0.25, 0.3) is 5.91 Å². The Labute approximate surface area is 254 Å². The first-order valence-corrected chi connectivity index (χ1v) is 14.7. The van der Waals surface area contributed by atoms with E-state index in [1.165, 1.54) is 13.8 Å². The van der Waals surface area contributed by atoms with Crippen molar-refractivity contribution in [3.63, 3.8) is 0 Å². The van der Waals surface area contributed by atoms with Crippen LogP contribution in [0.1, 0.15) is 60.4 Å². The molecule has 2 heterocycles. The number of benzene rings is 2. The van der Waals surface area contributed by atoms with Crippen LogP contribution in [0, 0.1) is 11.6 Å². The summed E-state index contributed by atoms with van der Waals surface area (Å²) in [5.74, 6) is -3.42. The number of hydrogen-bond acceptors (Lipinski definition) is 6. The van der Waals surface area contributed by atoms with Gasteiger partial charge in [-0.15, -0.1) is 0 Å². The maximum absolute atomic E-state index is 15.8. The minimum Gasteiger partial charge on any atom is -0.480 e. The Morgan fingerprint density at radius 3 is 2.34 bits per heavy atom. The number of nitrogens with one attached hydrogen (secondary N) is 2. The smallest absolute Gasteiger partial charge is 0.329 e. The minimum absolute atomic E-state index is 0.0375. The first-order chi connectivity index (χ1) is 21.0. The van der Waals surface area contributed by atoms with Crippen LogP contribution in [0.5, 0.6) is 0 Å². The van der Waals surface area contributed by atoms with Gasteiger partial charge in [-0.25, -0.2) is 18.0 Å². The molecule has 1 aromatic heterocycles. The van der Waals surface area contributed by atoms with Crippen molar-refractivity contribution in [3.05, 3.63) is 70.4 Å². The molecule has 2 aromatic carbocycles. The SMILES string of the molecule is C[C@@H]1Cc2c([nH]c3ccccc23)[C@@H](c2c(F)cc(C(=O)NCCCOCCOCCOCC(=O)O)cc2F)N1CC(C)(C)F. The number of ether oxygens (including phenoxy) is 3. The molecule has 0 bridgehead atoms. The van der Waals surface area contributed by atoms with Gasteiger partial charge in [0.05, 0.1) is 32.5 Å². The molecule has 1 aliphatic rings. The zero-order chi connectivity index (χ0) is 31.9. The second-order valence-electron chi connectivity index (χ2n) is 11.5. The number of rotatable bonds is 16. The molecule has 0 spiro atoms. The van der Waals surface area contributed by atoms with Crippen LogP contribution in [-0.4, -0.2) is 91.3 Å². The number of H-pyrrole nitrogens is 1. The number of amides is 1. The molecule has 44 heavy (non-hydrogen) atoms. The lowest BCUT2D eigenvalue weighted by Crippen LogP contribution is -2.48. The Bertz CT molecular complexity index is 1420. The van der Waals surface area contributed by atoms with Crippen LogP contribution in [0.4, 0.5) is 13.2 Å². The van der Waals surface area contributed by atoms with E-state index in [4.69, 9.17) is 19.3 Å². The van der Waals surface area contributed by atoms with E-state index in [2.05, 4.69) is 10.3 Å². The Hall–Kier alpha value is -3.45. The standard InChI is InChI=1S/C32H40F3N3O6/c1-20-15-23-22-7-4-5-8-26(22)37-29(23)30(38(20)19-32(2,3)35)28-24(33)16-21(17-25(28)34)31(41)36-9-6-10-42-11-12-43-13-14-44-18-27(39)40/h4-5,7-8,16-17,20,30,37H,6,9-15,18-19H2,1-3H3,(H,36,41)(H,39,40)/t20-,30-/m1/s1. The highest BCUT2D eigenvalue weighted by atomic mass is 19.1.